The first-order valence-corrected chi connectivity index (χ1v) is 7.03. The summed E-state index contributed by atoms with van der Waals surface area (Å²) in [5.41, 5.74) is 0.113. The highest BCUT2D eigenvalue weighted by Crippen LogP contribution is 2.26. The molecule has 1 amide bonds. The van der Waals surface area contributed by atoms with Gasteiger partial charge in [0.15, 0.2) is 0 Å². The molecule has 108 valence electrons. The monoisotopic (exact) mass is 363 g/mol. The molecule has 2 rings (SSSR count). The van der Waals surface area contributed by atoms with Gasteiger partial charge in [-0.15, -0.1) is 0 Å². The summed E-state index contributed by atoms with van der Waals surface area (Å²) in [7, 11) is 0. The fraction of sp³-hybridized carbons (Fsp3) is 0.333. The average molecular weight is 365 g/mol. The van der Waals surface area contributed by atoms with E-state index in [1.54, 1.807) is 4.90 Å². The van der Waals surface area contributed by atoms with Crippen molar-refractivity contribution in [1.82, 2.24) is 9.80 Å². The molecule has 20 heavy (non-hydrogen) atoms. The fourth-order valence-corrected chi connectivity index (χ4v) is 2.47. The Labute approximate surface area is 128 Å². The zero-order valence-electron chi connectivity index (χ0n) is 10.4. The first kappa shape index (κ1) is 15.1. The van der Waals surface area contributed by atoms with Gasteiger partial charge in [-0.05, 0) is 28.1 Å². The third-order valence-electron chi connectivity index (χ3n) is 3.13. The molecular formula is C12H12BrClFN3O2. The number of carbonyl (C=O) groups is 1. The summed E-state index contributed by atoms with van der Waals surface area (Å²) in [4.78, 5) is 13.7. The van der Waals surface area contributed by atoms with E-state index in [1.807, 2.05) is 0 Å². The lowest BCUT2D eigenvalue weighted by Crippen LogP contribution is -2.50. The van der Waals surface area contributed by atoms with Gasteiger partial charge in [-0.3, -0.25) is 5.41 Å². The molecule has 0 aliphatic carbocycles. The topological polar surface area (TPSA) is 67.6 Å². The number of amidine groups is 1. The predicted octanol–water partition coefficient (Wildman–Crippen LogP) is 2.86. The van der Waals surface area contributed by atoms with Crippen molar-refractivity contribution in [2.75, 3.05) is 26.2 Å². The normalized spacial score (nSPS) is 15.3. The summed E-state index contributed by atoms with van der Waals surface area (Å²) >= 11 is 9.04. The second kappa shape index (κ2) is 5.97. The zero-order chi connectivity index (χ0) is 14.9. The number of hydrogen-bond donors (Lipinski definition) is 2. The van der Waals surface area contributed by atoms with Gasteiger partial charge in [0.05, 0.1) is 10.6 Å². The van der Waals surface area contributed by atoms with Gasteiger partial charge in [0.25, 0.3) is 0 Å². The SMILES string of the molecule is N=C(c1cc(Cl)c(Br)cc1F)N1CCN(C(=O)O)CC1. The highest BCUT2D eigenvalue weighted by molar-refractivity contribution is 9.10. The van der Waals surface area contributed by atoms with E-state index in [0.717, 1.165) is 0 Å². The third-order valence-corrected chi connectivity index (χ3v) is 4.33. The highest BCUT2D eigenvalue weighted by atomic mass is 79.9. The van der Waals surface area contributed by atoms with Crippen molar-refractivity contribution in [3.63, 3.8) is 0 Å². The molecule has 0 aromatic heterocycles. The van der Waals surface area contributed by atoms with Crippen molar-refractivity contribution in [2.24, 2.45) is 0 Å². The number of piperazine rings is 1. The van der Waals surface area contributed by atoms with Crippen LogP contribution in [0.5, 0.6) is 0 Å². The molecule has 2 N–H and O–H groups in total. The van der Waals surface area contributed by atoms with E-state index in [1.165, 1.54) is 17.0 Å². The summed E-state index contributed by atoms with van der Waals surface area (Å²) in [5.74, 6) is -0.520. The summed E-state index contributed by atoms with van der Waals surface area (Å²) in [6.45, 7) is 1.31. The summed E-state index contributed by atoms with van der Waals surface area (Å²) < 4.78 is 14.3. The Balaban J connectivity index is 2.13. The molecule has 5 nitrogen and oxygen atoms in total. The number of nitrogens with one attached hydrogen (secondary N) is 1. The molecule has 1 aliphatic heterocycles. The zero-order valence-corrected chi connectivity index (χ0v) is 12.7. The smallest absolute Gasteiger partial charge is 0.407 e. The number of benzene rings is 1. The van der Waals surface area contributed by atoms with E-state index in [0.29, 0.717) is 35.7 Å². The molecule has 0 bridgehead atoms. The Morgan fingerprint density at radius 1 is 1.30 bits per heavy atom. The summed E-state index contributed by atoms with van der Waals surface area (Å²) in [5, 5.41) is 17.2. The number of carboxylic acid groups (broad SMARTS) is 1. The Bertz CT molecular complexity index is 562. The lowest BCUT2D eigenvalue weighted by Gasteiger charge is -2.34. The maximum atomic E-state index is 13.9. The van der Waals surface area contributed by atoms with Crippen LogP contribution in [0.1, 0.15) is 5.56 Å². The number of rotatable bonds is 1. The van der Waals surface area contributed by atoms with Crippen LogP contribution in [0.4, 0.5) is 9.18 Å². The van der Waals surface area contributed by atoms with Crippen molar-refractivity contribution < 1.29 is 14.3 Å². The number of amides is 1. The van der Waals surface area contributed by atoms with Crippen molar-refractivity contribution in [1.29, 1.82) is 5.41 Å². The third kappa shape index (κ3) is 3.04. The van der Waals surface area contributed by atoms with E-state index in [-0.39, 0.29) is 11.4 Å². The molecule has 0 saturated carbocycles. The average Bonchev–Trinajstić information content (AvgIpc) is 2.42. The van der Waals surface area contributed by atoms with Crippen LogP contribution in [0.3, 0.4) is 0 Å². The minimum atomic E-state index is -0.978. The van der Waals surface area contributed by atoms with Crippen LogP contribution in [0.15, 0.2) is 16.6 Å². The Hall–Kier alpha value is -1.34. The second-order valence-corrected chi connectivity index (χ2v) is 5.61. The highest BCUT2D eigenvalue weighted by Gasteiger charge is 2.24. The van der Waals surface area contributed by atoms with Crippen LogP contribution < -0.4 is 0 Å². The molecule has 1 aromatic carbocycles. The van der Waals surface area contributed by atoms with Gasteiger partial charge in [-0.1, -0.05) is 11.6 Å². The maximum Gasteiger partial charge on any atom is 0.407 e. The lowest BCUT2D eigenvalue weighted by atomic mass is 10.1. The van der Waals surface area contributed by atoms with Crippen LogP contribution in [-0.4, -0.2) is 53.0 Å². The predicted molar refractivity (Wildman–Crippen MR) is 77.1 cm³/mol. The number of nitrogens with zero attached hydrogens (tertiary/aromatic N) is 2. The molecule has 0 radical (unpaired) electrons. The Morgan fingerprint density at radius 3 is 2.40 bits per heavy atom. The molecule has 1 aliphatic rings. The van der Waals surface area contributed by atoms with Gasteiger partial charge in [-0.25, -0.2) is 9.18 Å². The van der Waals surface area contributed by atoms with Crippen LogP contribution in [0.25, 0.3) is 0 Å². The van der Waals surface area contributed by atoms with Crippen LogP contribution in [0.2, 0.25) is 5.02 Å². The fourth-order valence-electron chi connectivity index (χ4n) is 2.00. The summed E-state index contributed by atoms with van der Waals surface area (Å²) in [6.07, 6.45) is -0.978. The van der Waals surface area contributed by atoms with Gasteiger partial charge in [0, 0.05) is 30.7 Å². The van der Waals surface area contributed by atoms with Gasteiger partial charge < -0.3 is 14.9 Å². The molecule has 1 heterocycles. The molecule has 1 fully saturated rings. The molecule has 0 unspecified atom stereocenters. The van der Waals surface area contributed by atoms with Crippen LogP contribution in [-0.2, 0) is 0 Å². The van der Waals surface area contributed by atoms with Crippen molar-refractivity contribution in [3.8, 4) is 0 Å². The molecule has 1 saturated heterocycles. The van der Waals surface area contributed by atoms with E-state index in [4.69, 9.17) is 22.1 Å². The maximum absolute atomic E-state index is 13.9. The van der Waals surface area contributed by atoms with Crippen molar-refractivity contribution in [3.05, 3.63) is 33.0 Å². The Kier molecular flexibility index (Phi) is 4.49. The Morgan fingerprint density at radius 2 is 1.85 bits per heavy atom. The summed E-state index contributed by atoms with van der Waals surface area (Å²) in [6, 6.07) is 2.62. The quantitative estimate of drug-likeness (QED) is 0.457. The molecule has 8 heteroatoms. The number of hydrogen-bond acceptors (Lipinski definition) is 2. The largest absolute Gasteiger partial charge is 0.465 e. The molecule has 0 atom stereocenters. The lowest BCUT2D eigenvalue weighted by molar-refractivity contribution is 0.124. The molecule has 1 aromatic rings. The second-order valence-electron chi connectivity index (χ2n) is 4.35. The van der Waals surface area contributed by atoms with E-state index in [9.17, 15) is 9.18 Å². The van der Waals surface area contributed by atoms with Gasteiger partial charge >= 0.3 is 6.09 Å². The standard InChI is InChI=1S/C12H12BrClFN3O2/c13-8-6-10(15)7(5-9(8)14)11(16)17-1-3-18(4-2-17)12(19)20/h5-6,16H,1-4H2,(H,19,20). The van der Waals surface area contributed by atoms with Gasteiger partial charge in [-0.2, -0.15) is 0 Å². The van der Waals surface area contributed by atoms with Crippen molar-refractivity contribution >= 4 is 39.5 Å². The van der Waals surface area contributed by atoms with Crippen LogP contribution in [0, 0.1) is 11.2 Å². The van der Waals surface area contributed by atoms with Crippen LogP contribution >= 0.6 is 27.5 Å². The first-order valence-electron chi connectivity index (χ1n) is 5.86. The van der Waals surface area contributed by atoms with Gasteiger partial charge in [0.1, 0.15) is 11.7 Å². The minimum Gasteiger partial charge on any atom is -0.465 e. The minimum absolute atomic E-state index is 0.0157. The first-order chi connectivity index (χ1) is 9.40. The van der Waals surface area contributed by atoms with Crippen molar-refractivity contribution in [2.45, 2.75) is 0 Å². The van der Waals surface area contributed by atoms with E-state index < -0.39 is 11.9 Å². The molecular weight excluding hydrogens is 353 g/mol. The molecule has 0 spiro atoms. The van der Waals surface area contributed by atoms with E-state index in [2.05, 4.69) is 15.9 Å². The number of halogens is 3. The van der Waals surface area contributed by atoms with Gasteiger partial charge in [0.2, 0.25) is 0 Å². The van der Waals surface area contributed by atoms with E-state index >= 15 is 0 Å².